The van der Waals surface area contributed by atoms with Crippen LogP contribution in [0.2, 0.25) is 0 Å². The fourth-order valence-electron chi connectivity index (χ4n) is 2.40. The van der Waals surface area contributed by atoms with Crippen LogP contribution in [0.25, 0.3) is 5.65 Å². The summed E-state index contributed by atoms with van der Waals surface area (Å²) in [7, 11) is 0. The SMILES string of the molecule is CSCCCCNC(C)c1cnc2cc(C)nn2c1C. The maximum atomic E-state index is 4.50. The van der Waals surface area contributed by atoms with Crippen molar-refractivity contribution in [3.63, 3.8) is 0 Å². The van der Waals surface area contributed by atoms with E-state index in [2.05, 4.69) is 35.5 Å². The lowest BCUT2D eigenvalue weighted by molar-refractivity contribution is 0.548. The van der Waals surface area contributed by atoms with Crippen molar-refractivity contribution in [1.82, 2.24) is 19.9 Å². The molecule has 1 atom stereocenters. The van der Waals surface area contributed by atoms with Gasteiger partial charge in [0.1, 0.15) is 0 Å². The summed E-state index contributed by atoms with van der Waals surface area (Å²) < 4.78 is 1.94. The number of nitrogens with zero attached hydrogens (tertiary/aromatic N) is 3. The van der Waals surface area contributed by atoms with E-state index in [0.29, 0.717) is 6.04 Å². The molecule has 1 unspecified atom stereocenters. The molecule has 2 aromatic heterocycles. The molecule has 0 saturated carbocycles. The summed E-state index contributed by atoms with van der Waals surface area (Å²) in [6.45, 7) is 7.36. The van der Waals surface area contributed by atoms with E-state index in [9.17, 15) is 0 Å². The van der Waals surface area contributed by atoms with Gasteiger partial charge in [0.05, 0.1) is 5.69 Å². The molecule has 0 aliphatic heterocycles. The molecule has 0 bridgehead atoms. The summed E-state index contributed by atoms with van der Waals surface area (Å²) in [5.41, 5.74) is 4.34. The first-order valence-electron chi connectivity index (χ1n) is 7.17. The summed E-state index contributed by atoms with van der Waals surface area (Å²) in [5.74, 6) is 1.25. The van der Waals surface area contributed by atoms with E-state index in [-0.39, 0.29) is 0 Å². The molecule has 5 heteroatoms. The third-order valence-corrected chi connectivity index (χ3v) is 4.27. The van der Waals surface area contributed by atoms with Crippen molar-refractivity contribution >= 4 is 17.4 Å². The van der Waals surface area contributed by atoms with Gasteiger partial charge < -0.3 is 5.32 Å². The Bertz CT molecular complexity index is 564. The summed E-state index contributed by atoms with van der Waals surface area (Å²) in [5, 5.41) is 8.08. The van der Waals surface area contributed by atoms with Crippen LogP contribution in [0.5, 0.6) is 0 Å². The van der Waals surface area contributed by atoms with Crippen LogP contribution in [0.15, 0.2) is 12.3 Å². The zero-order valence-corrected chi connectivity index (χ0v) is 13.6. The van der Waals surface area contributed by atoms with Gasteiger partial charge in [-0.05, 0) is 52.2 Å². The summed E-state index contributed by atoms with van der Waals surface area (Å²) in [6.07, 6.45) is 6.63. The topological polar surface area (TPSA) is 42.2 Å². The van der Waals surface area contributed by atoms with E-state index < -0.39 is 0 Å². The Morgan fingerprint density at radius 3 is 2.90 bits per heavy atom. The molecule has 0 radical (unpaired) electrons. The highest BCUT2D eigenvalue weighted by Gasteiger charge is 2.12. The van der Waals surface area contributed by atoms with Gasteiger partial charge in [-0.25, -0.2) is 9.50 Å². The first kappa shape index (κ1) is 15.3. The number of aromatic nitrogens is 3. The fourth-order valence-corrected chi connectivity index (χ4v) is 2.89. The quantitative estimate of drug-likeness (QED) is 0.796. The number of fused-ring (bicyclic) bond motifs is 1. The molecule has 0 spiro atoms. The smallest absolute Gasteiger partial charge is 0.155 e. The number of hydrogen-bond donors (Lipinski definition) is 1. The van der Waals surface area contributed by atoms with Gasteiger partial charge in [-0.15, -0.1) is 0 Å². The largest absolute Gasteiger partial charge is 0.310 e. The minimum absolute atomic E-state index is 0.311. The van der Waals surface area contributed by atoms with Crippen molar-refractivity contribution in [3.8, 4) is 0 Å². The van der Waals surface area contributed by atoms with Crippen molar-refractivity contribution in [2.24, 2.45) is 0 Å². The molecule has 0 saturated heterocycles. The Balaban J connectivity index is 2.02. The average Bonchev–Trinajstić information content (AvgIpc) is 2.80. The predicted molar refractivity (Wildman–Crippen MR) is 86.5 cm³/mol. The molecule has 110 valence electrons. The molecule has 20 heavy (non-hydrogen) atoms. The first-order chi connectivity index (χ1) is 9.63. The summed E-state index contributed by atoms with van der Waals surface area (Å²) in [6, 6.07) is 2.32. The molecule has 2 heterocycles. The molecule has 0 fully saturated rings. The fraction of sp³-hybridized carbons (Fsp3) is 0.600. The van der Waals surface area contributed by atoms with E-state index in [0.717, 1.165) is 17.9 Å². The first-order valence-corrected chi connectivity index (χ1v) is 8.57. The molecule has 0 amide bonds. The number of nitrogens with one attached hydrogen (secondary N) is 1. The second-order valence-corrected chi connectivity index (χ2v) is 6.22. The Morgan fingerprint density at radius 1 is 1.35 bits per heavy atom. The highest BCUT2D eigenvalue weighted by Crippen LogP contribution is 2.18. The second kappa shape index (κ2) is 7.09. The van der Waals surface area contributed by atoms with Crippen LogP contribution in [0.3, 0.4) is 0 Å². The van der Waals surface area contributed by atoms with E-state index in [1.807, 2.05) is 35.5 Å². The third-order valence-electron chi connectivity index (χ3n) is 3.58. The van der Waals surface area contributed by atoms with Gasteiger partial charge in [0.25, 0.3) is 0 Å². The summed E-state index contributed by atoms with van der Waals surface area (Å²) >= 11 is 1.91. The van der Waals surface area contributed by atoms with Crippen LogP contribution < -0.4 is 5.32 Å². The van der Waals surface area contributed by atoms with Crippen molar-refractivity contribution in [3.05, 3.63) is 29.2 Å². The average molecular weight is 292 g/mol. The Labute approximate surface area is 125 Å². The number of hydrogen-bond acceptors (Lipinski definition) is 4. The van der Waals surface area contributed by atoms with Crippen molar-refractivity contribution in [2.75, 3.05) is 18.6 Å². The number of unbranched alkanes of at least 4 members (excludes halogenated alkanes) is 1. The third kappa shape index (κ3) is 3.52. The standard InChI is InChI=1S/C15H24N4S/c1-11-9-15-17-10-14(13(3)19(15)18-11)12(2)16-7-5-6-8-20-4/h9-10,12,16H,5-8H2,1-4H3. The molecule has 2 aromatic rings. The van der Waals surface area contributed by atoms with Gasteiger partial charge in [0, 0.05) is 29.6 Å². The minimum atomic E-state index is 0.311. The van der Waals surface area contributed by atoms with Gasteiger partial charge in [-0.3, -0.25) is 0 Å². The van der Waals surface area contributed by atoms with E-state index in [1.54, 1.807) is 0 Å². The van der Waals surface area contributed by atoms with Gasteiger partial charge in [-0.2, -0.15) is 16.9 Å². The predicted octanol–water partition coefficient (Wildman–Crippen LogP) is 3.14. The van der Waals surface area contributed by atoms with Crippen LogP contribution >= 0.6 is 11.8 Å². The highest BCUT2D eigenvalue weighted by atomic mass is 32.2. The normalized spacial score (nSPS) is 13.0. The van der Waals surface area contributed by atoms with Crippen molar-refractivity contribution in [1.29, 1.82) is 0 Å². The van der Waals surface area contributed by atoms with Crippen LogP contribution in [0.1, 0.15) is 42.8 Å². The zero-order valence-electron chi connectivity index (χ0n) is 12.8. The second-order valence-electron chi connectivity index (χ2n) is 5.23. The van der Waals surface area contributed by atoms with E-state index in [1.165, 1.54) is 29.9 Å². The van der Waals surface area contributed by atoms with Crippen LogP contribution in [0, 0.1) is 13.8 Å². The van der Waals surface area contributed by atoms with Crippen LogP contribution in [-0.2, 0) is 0 Å². The lowest BCUT2D eigenvalue weighted by Gasteiger charge is -2.16. The number of rotatable bonds is 7. The Morgan fingerprint density at radius 2 is 2.15 bits per heavy atom. The Kier molecular flexibility index (Phi) is 5.43. The lowest BCUT2D eigenvalue weighted by Crippen LogP contribution is -2.22. The molecule has 1 N–H and O–H groups in total. The molecular weight excluding hydrogens is 268 g/mol. The van der Waals surface area contributed by atoms with E-state index >= 15 is 0 Å². The molecule has 4 nitrogen and oxygen atoms in total. The maximum absolute atomic E-state index is 4.50. The molecular formula is C15H24N4S. The lowest BCUT2D eigenvalue weighted by atomic mass is 10.1. The zero-order chi connectivity index (χ0) is 14.5. The van der Waals surface area contributed by atoms with Gasteiger partial charge in [-0.1, -0.05) is 0 Å². The van der Waals surface area contributed by atoms with Gasteiger partial charge >= 0.3 is 0 Å². The minimum Gasteiger partial charge on any atom is -0.310 e. The van der Waals surface area contributed by atoms with Gasteiger partial charge in [0.15, 0.2) is 5.65 Å². The molecule has 0 aliphatic carbocycles. The number of aryl methyl sites for hydroxylation is 2. The molecule has 0 aromatic carbocycles. The Hall–Kier alpha value is -1.07. The summed E-state index contributed by atoms with van der Waals surface area (Å²) in [4.78, 5) is 4.50. The molecule has 0 aliphatic rings. The van der Waals surface area contributed by atoms with Crippen molar-refractivity contribution in [2.45, 2.75) is 39.7 Å². The monoisotopic (exact) mass is 292 g/mol. The van der Waals surface area contributed by atoms with Crippen LogP contribution in [0.4, 0.5) is 0 Å². The number of thioether (sulfide) groups is 1. The molecule has 2 rings (SSSR count). The van der Waals surface area contributed by atoms with Crippen molar-refractivity contribution < 1.29 is 0 Å². The van der Waals surface area contributed by atoms with Gasteiger partial charge in [0.2, 0.25) is 0 Å². The highest BCUT2D eigenvalue weighted by molar-refractivity contribution is 7.98. The van der Waals surface area contributed by atoms with E-state index in [4.69, 9.17) is 0 Å². The van der Waals surface area contributed by atoms with Crippen LogP contribution in [-0.4, -0.2) is 33.2 Å². The maximum Gasteiger partial charge on any atom is 0.155 e.